The van der Waals surface area contributed by atoms with E-state index in [1.54, 1.807) is 19.4 Å². The van der Waals surface area contributed by atoms with Crippen LogP contribution in [0.1, 0.15) is 18.9 Å². The topological polar surface area (TPSA) is 3.24 Å². The standard InChI is InChI=1S/C13H15N.W/c1-2-3-6-12-7-4-8-13(11-12)14-9-5-10-14;/h3-4,6-8,11H,5,9-10H2,1H3;. The zero-order valence-corrected chi connectivity index (χ0v) is 11.9. The molecule has 1 nitrogen and oxygen atoms in total. The molecule has 0 bridgehead atoms. The van der Waals surface area contributed by atoms with E-state index in [1.807, 2.05) is 0 Å². The van der Waals surface area contributed by atoms with Crippen molar-refractivity contribution in [1.82, 2.24) is 0 Å². The zero-order valence-electron chi connectivity index (χ0n) is 8.94. The van der Waals surface area contributed by atoms with Gasteiger partial charge in [0.05, 0.1) is 0 Å². The molecule has 1 heterocycles. The molecule has 0 spiro atoms. The predicted molar refractivity (Wildman–Crippen MR) is 63.0 cm³/mol. The fourth-order valence-corrected chi connectivity index (χ4v) is 1.86. The Balaban J connectivity index is 2.14. The molecule has 2 rings (SSSR count). The monoisotopic (exact) mass is 369 g/mol. The van der Waals surface area contributed by atoms with Crippen molar-refractivity contribution in [3.63, 3.8) is 0 Å². The van der Waals surface area contributed by atoms with Gasteiger partial charge in [0.25, 0.3) is 0 Å². The molecule has 1 saturated heterocycles. The summed E-state index contributed by atoms with van der Waals surface area (Å²) in [6.07, 6.45) is 5.74. The van der Waals surface area contributed by atoms with E-state index in [9.17, 15) is 0 Å². The fraction of sp³-hybridized carbons (Fsp3) is 0.308. The van der Waals surface area contributed by atoms with Crippen molar-refractivity contribution in [3.8, 4) is 0 Å². The summed E-state index contributed by atoms with van der Waals surface area (Å²) in [6, 6.07) is 8.78. The molecule has 0 amide bonds. The van der Waals surface area contributed by atoms with Crippen LogP contribution in [-0.2, 0) is 19.4 Å². The molecule has 0 aliphatic carbocycles. The van der Waals surface area contributed by atoms with Gasteiger partial charge in [-0.2, -0.15) is 0 Å². The van der Waals surface area contributed by atoms with Gasteiger partial charge in [0.1, 0.15) is 0 Å². The van der Waals surface area contributed by atoms with Crippen LogP contribution in [0, 0.1) is 0 Å². The third-order valence-corrected chi connectivity index (χ3v) is 3.09. The van der Waals surface area contributed by atoms with E-state index in [0.717, 1.165) is 0 Å². The normalized spacial score (nSPS) is 15.4. The average Bonchev–Trinajstić information content (AvgIpc) is 2.13. The summed E-state index contributed by atoms with van der Waals surface area (Å²) in [5, 5.41) is 0. The first-order valence-electron chi connectivity index (χ1n) is 5.29. The second-order valence-corrected chi connectivity index (χ2v) is 6.19. The van der Waals surface area contributed by atoms with Gasteiger partial charge in [0, 0.05) is 0 Å². The quantitative estimate of drug-likeness (QED) is 0.792. The fourth-order valence-electron chi connectivity index (χ4n) is 1.61. The Morgan fingerprint density at radius 2 is 2.20 bits per heavy atom. The van der Waals surface area contributed by atoms with Crippen molar-refractivity contribution >= 4 is 15.7 Å². The van der Waals surface area contributed by atoms with Gasteiger partial charge in [-0.05, 0) is 0 Å². The summed E-state index contributed by atoms with van der Waals surface area (Å²) >= 11 is 1.54. The van der Waals surface area contributed by atoms with Gasteiger partial charge in [-0.25, -0.2) is 0 Å². The van der Waals surface area contributed by atoms with Gasteiger partial charge in [-0.15, -0.1) is 0 Å². The van der Waals surface area contributed by atoms with Crippen LogP contribution in [0.3, 0.4) is 0 Å². The molecule has 15 heavy (non-hydrogen) atoms. The van der Waals surface area contributed by atoms with Crippen LogP contribution in [0.4, 0.5) is 5.69 Å². The van der Waals surface area contributed by atoms with Crippen molar-refractivity contribution in [2.75, 3.05) is 18.0 Å². The summed E-state index contributed by atoms with van der Waals surface area (Å²) in [5.74, 6) is 0. The molecule has 1 aliphatic rings. The molecule has 0 aromatic heterocycles. The molecular formula is C13H15NW. The molecule has 2 heteroatoms. The molecule has 0 unspecified atom stereocenters. The van der Waals surface area contributed by atoms with Crippen LogP contribution in [0.2, 0.25) is 0 Å². The Kier molecular flexibility index (Phi) is 3.53. The number of rotatable bonds is 3. The average molecular weight is 369 g/mol. The Bertz CT molecular complexity index is 391. The van der Waals surface area contributed by atoms with Crippen molar-refractivity contribution in [1.29, 1.82) is 0 Å². The van der Waals surface area contributed by atoms with Crippen LogP contribution in [0.25, 0.3) is 6.08 Å². The van der Waals surface area contributed by atoms with Gasteiger partial charge in [-0.1, -0.05) is 0 Å². The van der Waals surface area contributed by atoms with Gasteiger partial charge >= 0.3 is 102 Å². The SMILES string of the molecule is C[C](=[W])C=Cc1cccc(N2CCC2)c1. The van der Waals surface area contributed by atoms with E-state index in [-0.39, 0.29) is 0 Å². The minimum atomic E-state index is 1.22. The molecule has 1 aliphatic heterocycles. The number of nitrogens with zero attached hydrogens (tertiary/aromatic N) is 1. The first-order valence-corrected chi connectivity index (χ1v) is 6.76. The van der Waals surface area contributed by atoms with Crippen molar-refractivity contribution in [2.45, 2.75) is 13.3 Å². The summed E-state index contributed by atoms with van der Waals surface area (Å²) in [5.41, 5.74) is 2.67. The third-order valence-electron chi connectivity index (χ3n) is 2.60. The van der Waals surface area contributed by atoms with Gasteiger partial charge in [-0.3, -0.25) is 0 Å². The zero-order chi connectivity index (χ0) is 10.7. The van der Waals surface area contributed by atoms with Gasteiger partial charge in [0.15, 0.2) is 0 Å². The van der Waals surface area contributed by atoms with Crippen molar-refractivity contribution in [2.24, 2.45) is 0 Å². The van der Waals surface area contributed by atoms with Crippen molar-refractivity contribution < 1.29 is 19.4 Å². The molecule has 1 aromatic rings. The Morgan fingerprint density at radius 1 is 1.40 bits per heavy atom. The van der Waals surface area contributed by atoms with Crippen LogP contribution in [0.15, 0.2) is 30.3 Å². The summed E-state index contributed by atoms with van der Waals surface area (Å²) in [4.78, 5) is 2.42. The van der Waals surface area contributed by atoms with E-state index >= 15 is 0 Å². The summed E-state index contributed by atoms with van der Waals surface area (Å²) in [6.45, 7) is 4.59. The van der Waals surface area contributed by atoms with Crippen LogP contribution in [0.5, 0.6) is 0 Å². The second kappa shape index (κ2) is 4.90. The Labute approximate surface area is 102 Å². The number of anilines is 1. The number of benzene rings is 1. The predicted octanol–water partition coefficient (Wildman–Crippen LogP) is 2.65. The van der Waals surface area contributed by atoms with Crippen molar-refractivity contribution in [3.05, 3.63) is 35.9 Å². The van der Waals surface area contributed by atoms with Crippen LogP contribution >= 0.6 is 0 Å². The third kappa shape index (κ3) is 2.88. The molecule has 0 atom stereocenters. The maximum absolute atomic E-state index is 2.42. The minimum absolute atomic E-state index is 1.22. The molecule has 0 radical (unpaired) electrons. The Hall–Kier alpha value is -0.682. The van der Waals surface area contributed by atoms with E-state index in [1.165, 1.54) is 34.7 Å². The number of allylic oxidation sites excluding steroid dienone is 1. The molecule has 1 fully saturated rings. The van der Waals surface area contributed by atoms with Gasteiger partial charge < -0.3 is 0 Å². The van der Waals surface area contributed by atoms with Gasteiger partial charge in [0.2, 0.25) is 0 Å². The molecular weight excluding hydrogens is 354 g/mol. The van der Waals surface area contributed by atoms with E-state index in [0.29, 0.717) is 0 Å². The Morgan fingerprint density at radius 3 is 2.80 bits per heavy atom. The number of hydrogen-bond donors (Lipinski definition) is 0. The van der Waals surface area contributed by atoms with E-state index in [4.69, 9.17) is 0 Å². The summed E-state index contributed by atoms with van der Waals surface area (Å²) < 4.78 is 1.42. The summed E-state index contributed by atoms with van der Waals surface area (Å²) in [7, 11) is 0. The second-order valence-electron chi connectivity index (χ2n) is 3.88. The van der Waals surface area contributed by atoms with E-state index < -0.39 is 0 Å². The molecule has 1 aromatic carbocycles. The molecule has 78 valence electrons. The maximum atomic E-state index is 2.42. The van der Waals surface area contributed by atoms with Crippen LogP contribution < -0.4 is 4.90 Å². The molecule has 0 N–H and O–H groups in total. The first kappa shape index (κ1) is 10.8. The van der Waals surface area contributed by atoms with Crippen LogP contribution in [-0.4, -0.2) is 17.0 Å². The first-order chi connectivity index (χ1) is 7.25. The van der Waals surface area contributed by atoms with E-state index in [2.05, 4.69) is 48.2 Å². The number of hydrogen-bond acceptors (Lipinski definition) is 1. The molecule has 0 saturated carbocycles.